The smallest absolute Gasteiger partial charge is 0.325 e. The van der Waals surface area contributed by atoms with E-state index in [4.69, 9.17) is 4.74 Å². The van der Waals surface area contributed by atoms with E-state index in [1.54, 1.807) is 13.8 Å². The van der Waals surface area contributed by atoms with Crippen LogP contribution in [0.2, 0.25) is 0 Å². The number of esters is 1. The Morgan fingerprint density at radius 3 is 2.31 bits per heavy atom. The second-order valence-corrected chi connectivity index (χ2v) is 3.29. The normalized spacial score (nSPS) is 15.5. The average molecular weight is 189 g/mol. The standard InChI is InChI=1S/C9H19NO3/c1-5-13-9(12)8(7(4)11)10-6(2)3/h6-8,10-11H,5H2,1-4H3/t7-,8?/m1/s1. The maximum atomic E-state index is 11.3. The molecular weight excluding hydrogens is 170 g/mol. The van der Waals surface area contributed by atoms with E-state index < -0.39 is 18.1 Å². The highest BCUT2D eigenvalue weighted by Gasteiger charge is 2.24. The lowest BCUT2D eigenvalue weighted by Crippen LogP contribution is -2.48. The Morgan fingerprint density at radius 1 is 1.46 bits per heavy atom. The van der Waals surface area contributed by atoms with Gasteiger partial charge in [0.2, 0.25) is 0 Å². The number of hydrogen-bond donors (Lipinski definition) is 2. The zero-order valence-electron chi connectivity index (χ0n) is 8.70. The monoisotopic (exact) mass is 189 g/mol. The third-order valence-corrected chi connectivity index (χ3v) is 1.54. The van der Waals surface area contributed by atoms with Crippen molar-refractivity contribution in [2.75, 3.05) is 6.61 Å². The van der Waals surface area contributed by atoms with Crippen molar-refractivity contribution in [2.45, 2.75) is 45.9 Å². The van der Waals surface area contributed by atoms with Gasteiger partial charge in [0.25, 0.3) is 0 Å². The topological polar surface area (TPSA) is 58.6 Å². The first-order chi connectivity index (χ1) is 5.99. The summed E-state index contributed by atoms with van der Waals surface area (Å²) in [5.41, 5.74) is 0. The molecule has 0 aliphatic heterocycles. The molecule has 4 heteroatoms. The van der Waals surface area contributed by atoms with Crippen LogP contribution in [0.25, 0.3) is 0 Å². The Morgan fingerprint density at radius 2 is 2.00 bits per heavy atom. The van der Waals surface area contributed by atoms with Gasteiger partial charge in [-0.05, 0) is 13.8 Å². The molecule has 4 nitrogen and oxygen atoms in total. The molecule has 0 aromatic rings. The van der Waals surface area contributed by atoms with Crippen LogP contribution in [0.3, 0.4) is 0 Å². The molecule has 0 aromatic carbocycles. The van der Waals surface area contributed by atoms with E-state index in [-0.39, 0.29) is 6.04 Å². The molecule has 0 aromatic heterocycles. The van der Waals surface area contributed by atoms with Crippen molar-refractivity contribution < 1.29 is 14.6 Å². The molecule has 78 valence electrons. The zero-order chi connectivity index (χ0) is 10.4. The first kappa shape index (κ1) is 12.4. The first-order valence-electron chi connectivity index (χ1n) is 4.59. The molecule has 0 heterocycles. The maximum Gasteiger partial charge on any atom is 0.325 e. The van der Waals surface area contributed by atoms with Gasteiger partial charge in [-0.1, -0.05) is 13.8 Å². The lowest BCUT2D eigenvalue weighted by atomic mass is 10.1. The highest BCUT2D eigenvalue weighted by molar-refractivity contribution is 5.76. The predicted molar refractivity (Wildman–Crippen MR) is 50.4 cm³/mol. The molecule has 0 aliphatic carbocycles. The first-order valence-corrected chi connectivity index (χ1v) is 4.59. The van der Waals surface area contributed by atoms with Gasteiger partial charge in [0.05, 0.1) is 12.7 Å². The zero-order valence-corrected chi connectivity index (χ0v) is 8.70. The van der Waals surface area contributed by atoms with Crippen molar-refractivity contribution in [1.82, 2.24) is 5.32 Å². The molecule has 0 aliphatic rings. The van der Waals surface area contributed by atoms with Crippen molar-refractivity contribution in [2.24, 2.45) is 0 Å². The van der Waals surface area contributed by atoms with E-state index in [1.165, 1.54) is 0 Å². The Balaban J connectivity index is 4.15. The fourth-order valence-electron chi connectivity index (χ4n) is 0.995. The van der Waals surface area contributed by atoms with Crippen LogP contribution in [0.15, 0.2) is 0 Å². The molecule has 0 saturated heterocycles. The van der Waals surface area contributed by atoms with Gasteiger partial charge in [0.1, 0.15) is 6.04 Å². The van der Waals surface area contributed by atoms with Crippen LogP contribution < -0.4 is 5.32 Å². The van der Waals surface area contributed by atoms with E-state index in [0.29, 0.717) is 6.61 Å². The van der Waals surface area contributed by atoms with Crippen LogP contribution in [0.4, 0.5) is 0 Å². The molecule has 2 N–H and O–H groups in total. The molecule has 0 saturated carbocycles. The van der Waals surface area contributed by atoms with Crippen LogP contribution in [0.1, 0.15) is 27.7 Å². The summed E-state index contributed by atoms with van der Waals surface area (Å²) in [7, 11) is 0. The molecule has 0 radical (unpaired) electrons. The molecular formula is C9H19NO3. The summed E-state index contributed by atoms with van der Waals surface area (Å²) < 4.78 is 4.80. The van der Waals surface area contributed by atoms with Crippen molar-refractivity contribution in [3.63, 3.8) is 0 Å². The fourth-order valence-corrected chi connectivity index (χ4v) is 0.995. The lowest BCUT2D eigenvalue weighted by Gasteiger charge is -2.21. The quantitative estimate of drug-likeness (QED) is 0.611. The van der Waals surface area contributed by atoms with E-state index in [0.717, 1.165) is 0 Å². The number of nitrogens with one attached hydrogen (secondary N) is 1. The van der Waals surface area contributed by atoms with Gasteiger partial charge >= 0.3 is 5.97 Å². The highest BCUT2D eigenvalue weighted by atomic mass is 16.5. The third-order valence-electron chi connectivity index (χ3n) is 1.54. The molecule has 0 amide bonds. The summed E-state index contributed by atoms with van der Waals surface area (Å²) in [6.45, 7) is 7.47. The fraction of sp³-hybridized carbons (Fsp3) is 0.889. The van der Waals surface area contributed by atoms with Crippen LogP contribution >= 0.6 is 0 Å². The molecule has 0 bridgehead atoms. The Kier molecular flexibility index (Phi) is 5.66. The van der Waals surface area contributed by atoms with Crippen molar-refractivity contribution in [3.05, 3.63) is 0 Å². The second-order valence-electron chi connectivity index (χ2n) is 3.29. The van der Waals surface area contributed by atoms with Gasteiger partial charge in [-0.25, -0.2) is 0 Å². The summed E-state index contributed by atoms with van der Waals surface area (Å²) >= 11 is 0. The van der Waals surface area contributed by atoms with Gasteiger partial charge in [0, 0.05) is 6.04 Å². The number of hydrogen-bond acceptors (Lipinski definition) is 4. The second kappa shape index (κ2) is 5.94. The number of aliphatic hydroxyl groups is 1. The minimum absolute atomic E-state index is 0.143. The molecule has 0 fully saturated rings. The predicted octanol–water partition coefficient (Wildman–Crippen LogP) is 0.297. The van der Waals surface area contributed by atoms with Crippen molar-refractivity contribution in [3.8, 4) is 0 Å². The maximum absolute atomic E-state index is 11.3. The average Bonchev–Trinajstić information content (AvgIpc) is 1.99. The Hall–Kier alpha value is -0.610. The SMILES string of the molecule is CCOC(=O)C(NC(C)C)[C@@H](C)O. The summed E-state index contributed by atoms with van der Waals surface area (Å²) in [5, 5.41) is 12.2. The molecule has 0 spiro atoms. The van der Waals surface area contributed by atoms with E-state index in [9.17, 15) is 9.90 Å². The van der Waals surface area contributed by atoms with Crippen LogP contribution in [-0.4, -0.2) is 35.9 Å². The van der Waals surface area contributed by atoms with Crippen molar-refractivity contribution in [1.29, 1.82) is 0 Å². The Labute approximate surface area is 79.3 Å². The molecule has 13 heavy (non-hydrogen) atoms. The molecule has 1 unspecified atom stereocenters. The lowest BCUT2D eigenvalue weighted by molar-refractivity contribution is -0.148. The summed E-state index contributed by atoms with van der Waals surface area (Å²) in [5.74, 6) is -0.397. The highest BCUT2D eigenvalue weighted by Crippen LogP contribution is 1.98. The summed E-state index contributed by atoms with van der Waals surface area (Å²) in [4.78, 5) is 11.3. The minimum atomic E-state index is -0.735. The number of carbonyl (C=O) groups is 1. The van der Waals surface area contributed by atoms with E-state index >= 15 is 0 Å². The van der Waals surface area contributed by atoms with E-state index in [2.05, 4.69) is 5.32 Å². The molecule has 2 atom stereocenters. The van der Waals surface area contributed by atoms with E-state index in [1.807, 2.05) is 13.8 Å². The third kappa shape index (κ3) is 4.85. The minimum Gasteiger partial charge on any atom is -0.465 e. The number of carbonyl (C=O) groups excluding carboxylic acids is 1. The largest absolute Gasteiger partial charge is 0.465 e. The van der Waals surface area contributed by atoms with Gasteiger partial charge in [0.15, 0.2) is 0 Å². The molecule has 0 rings (SSSR count). The van der Waals surface area contributed by atoms with Gasteiger partial charge in [-0.2, -0.15) is 0 Å². The van der Waals surface area contributed by atoms with Gasteiger partial charge < -0.3 is 15.2 Å². The van der Waals surface area contributed by atoms with Gasteiger partial charge in [-0.15, -0.1) is 0 Å². The van der Waals surface area contributed by atoms with Crippen LogP contribution in [0.5, 0.6) is 0 Å². The summed E-state index contributed by atoms with van der Waals surface area (Å²) in [6.07, 6.45) is -0.735. The van der Waals surface area contributed by atoms with Gasteiger partial charge in [-0.3, -0.25) is 4.79 Å². The number of rotatable bonds is 5. The Bertz CT molecular complexity index is 157. The number of aliphatic hydroxyl groups excluding tert-OH is 1. The van der Waals surface area contributed by atoms with Crippen LogP contribution in [-0.2, 0) is 9.53 Å². The number of ether oxygens (including phenoxy) is 1. The summed E-state index contributed by atoms with van der Waals surface area (Å²) in [6, 6.07) is -0.482. The van der Waals surface area contributed by atoms with Crippen molar-refractivity contribution >= 4 is 5.97 Å². The van der Waals surface area contributed by atoms with Crippen LogP contribution in [0, 0.1) is 0 Å².